The van der Waals surface area contributed by atoms with Gasteiger partial charge in [-0.25, -0.2) is 0 Å². The van der Waals surface area contributed by atoms with E-state index in [2.05, 4.69) is 5.18 Å². The van der Waals surface area contributed by atoms with Crippen molar-refractivity contribution in [3.05, 3.63) is 4.91 Å². The van der Waals surface area contributed by atoms with Gasteiger partial charge in [0.05, 0.1) is 6.04 Å². The van der Waals surface area contributed by atoms with Crippen LogP contribution in [-0.4, -0.2) is 36.0 Å². The molecule has 0 aromatic carbocycles. The largest absolute Gasteiger partial charge is 0.339 e. The Labute approximate surface area is 70.9 Å². The van der Waals surface area contributed by atoms with Gasteiger partial charge in [0.15, 0.2) is 0 Å². The fourth-order valence-corrected chi connectivity index (χ4v) is 1.32. The minimum atomic E-state index is -0.476. The Kier molecular flexibility index (Phi) is 2.75. The number of carbonyl (C=O) groups excluding carboxylic acids is 1. The highest BCUT2D eigenvalue weighted by atomic mass is 16.3. The highest BCUT2D eigenvalue weighted by Gasteiger charge is 2.27. The maximum Gasteiger partial charge on any atom is 0.239 e. The number of nitrogens with two attached hydrogens (primary N) is 1. The number of nitrogens with zero attached hydrogens (tertiary/aromatic N) is 2. The summed E-state index contributed by atoms with van der Waals surface area (Å²) in [6.07, 6.45) is 0.669. The van der Waals surface area contributed by atoms with E-state index in [1.54, 1.807) is 11.8 Å². The molecule has 1 fully saturated rings. The first-order valence-corrected chi connectivity index (χ1v) is 4.02. The molecule has 0 bridgehead atoms. The molecule has 1 amide bonds. The number of likely N-dealkylation sites (tertiary alicyclic amines) is 1. The predicted octanol–water partition coefficient (Wildman–Crippen LogP) is -0.299. The molecular formula is C7H13N3O2. The lowest BCUT2D eigenvalue weighted by molar-refractivity contribution is -0.131. The van der Waals surface area contributed by atoms with Crippen molar-refractivity contribution in [3.8, 4) is 0 Å². The van der Waals surface area contributed by atoms with Crippen LogP contribution in [0.25, 0.3) is 0 Å². The number of hydrogen-bond donors (Lipinski definition) is 1. The maximum atomic E-state index is 11.3. The first kappa shape index (κ1) is 9.12. The molecule has 0 unspecified atom stereocenters. The molecule has 1 saturated heterocycles. The van der Waals surface area contributed by atoms with E-state index in [0.29, 0.717) is 19.5 Å². The van der Waals surface area contributed by atoms with Crippen molar-refractivity contribution in [3.63, 3.8) is 0 Å². The molecule has 1 aliphatic rings. The molecule has 68 valence electrons. The topological polar surface area (TPSA) is 75.8 Å². The maximum absolute atomic E-state index is 11.3. The average molecular weight is 171 g/mol. The number of hydrogen-bond acceptors (Lipinski definition) is 4. The molecule has 0 aromatic rings. The lowest BCUT2D eigenvalue weighted by Crippen LogP contribution is -2.40. The molecule has 0 aliphatic carbocycles. The van der Waals surface area contributed by atoms with Crippen molar-refractivity contribution < 1.29 is 4.79 Å². The van der Waals surface area contributed by atoms with Gasteiger partial charge in [0.2, 0.25) is 5.91 Å². The van der Waals surface area contributed by atoms with E-state index in [1.807, 2.05) is 0 Å². The van der Waals surface area contributed by atoms with Crippen molar-refractivity contribution in [2.24, 2.45) is 10.9 Å². The Hall–Kier alpha value is -0.970. The smallest absolute Gasteiger partial charge is 0.239 e. The molecular weight excluding hydrogens is 158 g/mol. The molecule has 1 rings (SSSR count). The molecule has 0 saturated carbocycles. The second-order valence-electron chi connectivity index (χ2n) is 3.12. The molecule has 12 heavy (non-hydrogen) atoms. The van der Waals surface area contributed by atoms with Gasteiger partial charge in [0.1, 0.15) is 6.04 Å². The van der Waals surface area contributed by atoms with Crippen LogP contribution in [0.3, 0.4) is 0 Å². The Balaban J connectivity index is 2.46. The summed E-state index contributed by atoms with van der Waals surface area (Å²) < 4.78 is 0. The summed E-state index contributed by atoms with van der Waals surface area (Å²) in [5, 5.41) is 2.89. The van der Waals surface area contributed by atoms with E-state index in [9.17, 15) is 9.70 Å². The van der Waals surface area contributed by atoms with Crippen LogP contribution in [0.4, 0.5) is 0 Å². The summed E-state index contributed by atoms with van der Waals surface area (Å²) in [4.78, 5) is 23.0. The van der Waals surface area contributed by atoms with Gasteiger partial charge in [-0.2, -0.15) is 4.91 Å². The quantitative estimate of drug-likeness (QED) is 0.579. The van der Waals surface area contributed by atoms with Crippen molar-refractivity contribution >= 4 is 5.91 Å². The van der Waals surface area contributed by atoms with Crippen LogP contribution in [-0.2, 0) is 4.79 Å². The minimum Gasteiger partial charge on any atom is -0.339 e. The third-order valence-electron chi connectivity index (χ3n) is 2.01. The number of amides is 1. The summed E-state index contributed by atoms with van der Waals surface area (Å²) in [5.74, 6) is -0.0962. The molecule has 2 atom stereocenters. The molecule has 5 nitrogen and oxygen atoms in total. The van der Waals surface area contributed by atoms with Crippen molar-refractivity contribution in [2.45, 2.75) is 25.4 Å². The summed E-state index contributed by atoms with van der Waals surface area (Å²) in [7, 11) is 0. The second kappa shape index (κ2) is 3.62. The van der Waals surface area contributed by atoms with Gasteiger partial charge >= 0.3 is 0 Å². The van der Waals surface area contributed by atoms with E-state index >= 15 is 0 Å². The number of carbonyl (C=O) groups is 1. The van der Waals surface area contributed by atoms with E-state index < -0.39 is 6.04 Å². The molecule has 0 spiro atoms. The molecule has 0 radical (unpaired) electrons. The fourth-order valence-electron chi connectivity index (χ4n) is 1.32. The Morgan fingerprint density at radius 1 is 1.75 bits per heavy atom. The Morgan fingerprint density at radius 3 is 2.83 bits per heavy atom. The second-order valence-corrected chi connectivity index (χ2v) is 3.12. The number of rotatable bonds is 2. The monoisotopic (exact) mass is 171 g/mol. The zero-order valence-electron chi connectivity index (χ0n) is 7.06. The molecule has 1 aliphatic heterocycles. The van der Waals surface area contributed by atoms with Crippen molar-refractivity contribution in [2.75, 3.05) is 13.1 Å². The SMILES string of the molecule is C[C@H](N)C(=O)N1CC[C@@H](N=O)C1. The van der Waals surface area contributed by atoms with Gasteiger partial charge in [0.25, 0.3) is 0 Å². The first-order valence-electron chi connectivity index (χ1n) is 4.02. The van der Waals surface area contributed by atoms with Crippen LogP contribution < -0.4 is 5.73 Å². The highest BCUT2D eigenvalue weighted by molar-refractivity contribution is 5.81. The van der Waals surface area contributed by atoms with Gasteiger partial charge < -0.3 is 10.6 Å². The standard InChI is InChI=1S/C7H13N3O2/c1-5(8)7(11)10-3-2-6(4-10)9-12/h5-6H,2-4,8H2,1H3/t5-,6+/m0/s1. The number of nitroso groups, excluding NO2 is 1. The minimum absolute atomic E-state index is 0.0962. The van der Waals surface area contributed by atoms with Crippen LogP contribution >= 0.6 is 0 Å². The van der Waals surface area contributed by atoms with Crippen LogP contribution in [0.5, 0.6) is 0 Å². The normalized spacial score (nSPS) is 25.5. The molecule has 5 heteroatoms. The van der Waals surface area contributed by atoms with Gasteiger partial charge in [-0.1, -0.05) is 5.18 Å². The lowest BCUT2D eigenvalue weighted by atomic mass is 10.3. The van der Waals surface area contributed by atoms with Crippen LogP contribution in [0.1, 0.15) is 13.3 Å². The summed E-state index contributed by atoms with van der Waals surface area (Å²) in [6.45, 7) is 2.69. The van der Waals surface area contributed by atoms with Gasteiger partial charge in [0, 0.05) is 13.1 Å². The summed E-state index contributed by atoms with van der Waals surface area (Å²) >= 11 is 0. The summed E-state index contributed by atoms with van der Waals surface area (Å²) in [6, 6.07) is -0.705. The van der Waals surface area contributed by atoms with Gasteiger partial charge in [-0.3, -0.25) is 4.79 Å². The van der Waals surface area contributed by atoms with Crippen LogP contribution in [0.2, 0.25) is 0 Å². The Morgan fingerprint density at radius 2 is 2.42 bits per heavy atom. The van der Waals surface area contributed by atoms with Gasteiger partial charge in [-0.15, -0.1) is 0 Å². The fraction of sp³-hybridized carbons (Fsp3) is 0.857. The first-order chi connectivity index (χ1) is 5.65. The van der Waals surface area contributed by atoms with Crippen LogP contribution in [0.15, 0.2) is 5.18 Å². The van der Waals surface area contributed by atoms with Gasteiger partial charge in [-0.05, 0) is 13.3 Å². The Bertz CT molecular complexity index is 193. The summed E-state index contributed by atoms with van der Waals surface area (Å²) in [5.41, 5.74) is 5.40. The molecule has 0 aromatic heterocycles. The van der Waals surface area contributed by atoms with Crippen LogP contribution in [0, 0.1) is 4.91 Å². The highest BCUT2D eigenvalue weighted by Crippen LogP contribution is 2.12. The van der Waals surface area contributed by atoms with E-state index in [1.165, 1.54) is 0 Å². The van der Waals surface area contributed by atoms with E-state index in [4.69, 9.17) is 5.73 Å². The van der Waals surface area contributed by atoms with E-state index in [0.717, 1.165) is 0 Å². The molecule has 2 N–H and O–H groups in total. The predicted molar refractivity (Wildman–Crippen MR) is 44.4 cm³/mol. The average Bonchev–Trinajstić information content (AvgIpc) is 2.50. The molecule has 1 heterocycles. The van der Waals surface area contributed by atoms with Crippen molar-refractivity contribution in [1.29, 1.82) is 0 Å². The third kappa shape index (κ3) is 1.79. The third-order valence-corrected chi connectivity index (χ3v) is 2.01. The van der Waals surface area contributed by atoms with Crippen molar-refractivity contribution in [1.82, 2.24) is 4.90 Å². The zero-order chi connectivity index (χ0) is 9.14. The lowest BCUT2D eigenvalue weighted by Gasteiger charge is -2.17. The zero-order valence-corrected chi connectivity index (χ0v) is 7.06. The van der Waals surface area contributed by atoms with E-state index in [-0.39, 0.29) is 11.9 Å².